The number of esters is 2. The Labute approximate surface area is 260 Å². The quantitative estimate of drug-likeness (QED) is 0.160. The number of hydrogen-bond acceptors (Lipinski definition) is 8. The van der Waals surface area contributed by atoms with Gasteiger partial charge in [-0.1, -0.05) is 48.9 Å². The maximum absolute atomic E-state index is 12.6. The van der Waals surface area contributed by atoms with Crippen molar-refractivity contribution in [3.63, 3.8) is 0 Å². The van der Waals surface area contributed by atoms with Crippen LogP contribution in [-0.4, -0.2) is 72.7 Å². The van der Waals surface area contributed by atoms with Crippen molar-refractivity contribution in [3.8, 4) is 0 Å². The Morgan fingerprint density at radius 3 is 2.57 bits per heavy atom. The van der Waals surface area contributed by atoms with E-state index in [9.17, 15) is 19.5 Å². The number of aliphatic hydroxyl groups excluding tert-OH is 1. The SMILES string of the molecule is COC(=O)C[C@H]1C[C@H](/C=C/C(C)=C/C[C@@H]2O[C@H](C)[C@H](NC(=O)/C=C\C(C)OC(=O)c3ccccc3)C[C@@H]2C)[C@@H](O)[C@]2(CO2)C1. The Balaban J connectivity index is 1.23. The molecule has 0 bridgehead atoms. The third kappa shape index (κ3) is 9.13. The monoisotopic (exact) mass is 609 g/mol. The first-order valence-electron chi connectivity index (χ1n) is 15.6. The Morgan fingerprint density at radius 1 is 1.16 bits per heavy atom. The molecule has 1 unspecified atom stereocenters. The van der Waals surface area contributed by atoms with Gasteiger partial charge in [0.05, 0.1) is 43.6 Å². The fourth-order valence-electron chi connectivity index (χ4n) is 6.30. The predicted octanol–water partition coefficient (Wildman–Crippen LogP) is 4.70. The van der Waals surface area contributed by atoms with Crippen molar-refractivity contribution in [1.82, 2.24) is 5.32 Å². The summed E-state index contributed by atoms with van der Waals surface area (Å²) in [5.41, 5.74) is 1.01. The summed E-state index contributed by atoms with van der Waals surface area (Å²) in [7, 11) is 1.40. The van der Waals surface area contributed by atoms with Crippen molar-refractivity contribution in [2.24, 2.45) is 17.8 Å². The summed E-state index contributed by atoms with van der Waals surface area (Å²) in [6.07, 6.45) is 11.2. The molecule has 0 aromatic heterocycles. The normalized spacial score (nSPS) is 32.9. The Morgan fingerprint density at radius 2 is 1.89 bits per heavy atom. The molecule has 1 spiro atoms. The lowest BCUT2D eigenvalue weighted by Gasteiger charge is -2.39. The standard InChI is InChI=1S/C35H47NO8/c1-22(11-14-28-18-26(19-32(38)41-5)20-35(21-42-35)33(28)39)12-15-30-23(2)17-29(25(4)44-30)36-31(37)16-13-24(3)43-34(40)27-9-7-6-8-10-27/h6-14,16,23-26,28-30,33,39H,15,17-21H2,1-5H3,(H,36,37)/b14-11+,16-13-,22-12+/t23-,24?,25+,26+,28-,29+,30-,33+,35+/m0/s1. The number of amides is 1. The number of hydrogen-bond donors (Lipinski definition) is 2. The van der Waals surface area contributed by atoms with Gasteiger partial charge in [0.2, 0.25) is 5.91 Å². The number of aliphatic hydroxyl groups is 1. The molecule has 2 aliphatic heterocycles. The zero-order chi connectivity index (χ0) is 31.9. The minimum absolute atomic E-state index is 0.0160. The number of allylic oxidation sites excluding steroid dienone is 2. The average Bonchev–Trinajstić information content (AvgIpc) is 3.78. The summed E-state index contributed by atoms with van der Waals surface area (Å²) in [4.78, 5) is 36.7. The van der Waals surface area contributed by atoms with Gasteiger partial charge in [-0.3, -0.25) is 9.59 Å². The highest BCUT2D eigenvalue weighted by molar-refractivity contribution is 5.90. The van der Waals surface area contributed by atoms with Gasteiger partial charge in [-0.25, -0.2) is 4.79 Å². The second-order valence-corrected chi connectivity index (χ2v) is 12.6. The number of ether oxygens (including phenoxy) is 4. The van der Waals surface area contributed by atoms with E-state index in [1.807, 2.05) is 32.1 Å². The molecule has 9 atom stereocenters. The summed E-state index contributed by atoms with van der Waals surface area (Å²) in [6, 6.07) is 8.61. The van der Waals surface area contributed by atoms with Crippen LogP contribution >= 0.6 is 0 Å². The summed E-state index contributed by atoms with van der Waals surface area (Å²) in [5, 5.41) is 14.0. The molecule has 2 saturated heterocycles. The van der Waals surface area contributed by atoms with E-state index in [0.29, 0.717) is 31.4 Å². The molecule has 1 aliphatic carbocycles. The fraction of sp³-hybridized carbons (Fsp3) is 0.571. The zero-order valence-electron chi connectivity index (χ0n) is 26.4. The third-order valence-electron chi connectivity index (χ3n) is 9.03. The second-order valence-electron chi connectivity index (χ2n) is 12.6. The molecule has 1 aromatic carbocycles. The minimum Gasteiger partial charge on any atom is -0.469 e. The van der Waals surface area contributed by atoms with E-state index in [1.54, 1.807) is 37.3 Å². The number of carbonyl (C=O) groups is 3. The maximum Gasteiger partial charge on any atom is 0.338 e. The first-order chi connectivity index (χ1) is 21.0. The van der Waals surface area contributed by atoms with Crippen LogP contribution in [0.25, 0.3) is 0 Å². The van der Waals surface area contributed by atoms with E-state index in [0.717, 1.165) is 18.4 Å². The molecule has 1 aromatic rings. The smallest absolute Gasteiger partial charge is 0.338 e. The van der Waals surface area contributed by atoms with E-state index in [2.05, 4.69) is 18.3 Å². The minimum atomic E-state index is -0.586. The van der Waals surface area contributed by atoms with Gasteiger partial charge in [-0.05, 0) is 76.5 Å². The van der Waals surface area contributed by atoms with Gasteiger partial charge in [0.1, 0.15) is 11.7 Å². The summed E-state index contributed by atoms with van der Waals surface area (Å²) >= 11 is 0. The molecule has 4 rings (SSSR count). The van der Waals surface area contributed by atoms with Crippen LogP contribution in [0.3, 0.4) is 0 Å². The van der Waals surface area contributed by atoms with Crippen molar-refractivity contribution in [2.75, 3.05) is 13.7 Å². The molecule has 1 amide bonds. The first-order valence-corrected chi connectivity index (χ1v) is 15.6. The molecule has 9 nitrogen and oxygen atoms in total. The van der Waals surface area contributed by atoms with Gasteiger partial charge in [0, 0.05) is 18.4 Å². The van der Waals surface area contributed by atoms with E-state index < -0.39 is 23.8 Å². The Hall–Kier alpha value is -3.27. The van der Waals surface area contributed by atoms with Gasteiger partial charge in [-0.15, -0.1) is 0 Å². The lowest BCUT2D eigenvalue weighted by molar-refractivity contribution is -0.142. The summed E-state index contributed by atoms with van der Waals surface area (Å²) in [5.74, 6) is -0.663. The molecule has 3 aliphatic rings. The Kier molecular flexibility index (Phi) is 11.6. The molecule has 1 saturated carbocycles. The van der Waals surface area contributed by atoms with Gasteiger partial charge in [0.15, 0.2) is 0 Å². The molecular weight excluding hydrogens is 562 g/mol. The molecule has 9 heteroatoms. The van der Waals surface area contributed by atoms with E-state index in [4.69, 9.17) is 18.9 Å². The highest BCUT2D eigenvalue weighted by atomic mass is 16.6. The van der Waals surface area contributed by atoms with Crippen LogP contribution in [0.2, 0.25) is 0 Å². The summed E-state index contributed by atoms with van der Waals surface area (Å²) < 4.78 is 22.2. The van der Waals surface area contributed by atoms with E-state index in [-0.39, 0.29) is 47.9 Å². The van der Waals surface area contributed by atoms with Crippen molar-refractivity contribution in [3.05, 3.63) is 71.8 Å². The van der Waals surface area contributed by atoms with E-state index >= 15 is 0 Å². The van der Waals surface area contributed by atoms with Crippen molar-refractivity contribution < 1.29 is 38.4 Å². The lowest BCUT2D eigenvalue weighted by atomic mass is 9.71. The van der Waals surface area contributed by atoms with Crippen LogP contribution in [-0.2, 0) is 28.5 Å². The zero-order valence-corrected chi connectivity index (χ0v) is 26.4. The van der Waals surface area contributed by atoms with Crippen molar-refractivity contribution in [2.45, 2.75) is 95.9 Å². The molecular formula is C35H47NO8. The molecule has 44 heavy (non-hydrogen) atoms. The molecule has 3 fully saturated rings. The van der Waals surface area contributed by atoms with E-state index in [1.165, 1.54) is 13.2 Å². The number of rotatable bonds is 11. The predicted molar refractivity (Wildman–Crippen MR) is 166 cm³/mol. The van der Waals surface area contributed by atoms with Crippen LogP contribution in [0.5, 0.6) is 0 Å². The number of benzene rings is 1. The van der Waals surface area contributed by atoms with Gasteiger partial charge < -0.3 is 29.4 Å². The van der Waals surface area contributed by atoms with Gasteiger partial charge >= 0.3 is 11.9 Å². The number of epoxide rings is 1. The molecule has 240 valence electrons. The van der Waals surface area contributed by atoms with Crippen molar-refractivity contribution >= 4 is 17.8 Å². The van der Waals surface area contributed by atoms with Crippen LogP contribution < -0.4 is 5.32 Å². The highest BCUT2D eigenvalue weighted by Crippen LogP contribution is 2.48. The third-order valence-corrected chi connectivity index (χ3v) is 9.03. The topological polar surface area (TPSA) is 124 Å². The number of nitrogens with one attached hydrogen (secondary N) is 1. The largest absolute Gasteiger partial charge is 0.469 e. The summed E-state index contributed by atoms with van der Waals surface area (Å²) in [6.45, 7) is 8.38. The average molecular weight is 610 g/mol. The Bertz CT molecular complexity index is 1240. The van der Waals surface area contributed by atoms with Crippen molar-refractivity contribution in [1.29, 1.82) is 0 Å². The van der Waals surface area contributed by atoms with Crippen LogP contribution in [0.15, 0.2) is 66.3 Å². The number of methoxy groups -OCH3 is 1. The molecule has 0 radical (unpaired) electrons. The number of carbonyl (C=O) groups excluding carboxylic acids is 3. The molecule has 2 N–H and O–H groups in total. The lowest BCUT2D eigenvalue weighted by Crippen LogP contribution is -2.50. The molecule has 2 heterocycles. The van der Waals surface area contributed by atoms with Crippen LogP contribution in [0, 0.1) is 17.8 Å². The second kappa shape index (κ2) is 15.1. The first kappa shape index (κ1) is 33.6. The van der Waals surface area contributed by atoms with Gasteiger partial charge in [-0.2, -0.15) is 0 Å². The van der Waals surface area contributed by atoms with Crippen LogP contribution in [0.4, 0.5) is 0 Å². The van der Waals surface area contributed by atoms with Crippen LogP contribution in [0.1, 0.15) is 70.2 Å². The highest BCUT2D eigenvalue weighted by Gasteiger charge is 2.57. The maximum atomic E-state index is 12.6. The fourth-order valence-corrected chi connectivity index (χ4v) is 6.30. The van der Waals surface area contributed by atoms with Gasteiger partial charge in [0.25, 0.3) is 0 Å².